The third kappa shape index (κ3) is 8.56. The summed E-state index contributed by atoms with van der Waals surface area (Å²) in [6.45, 7) is 7.22. The van der Waals surface area contributed by atoms with Crippen molar-refractivity contribution in [2.75, 3.05) is 0 Å². The molecular weight excluding hydrogens is 228 g/mol. The lowest BCUT2D eigenvalue weighted by molar-refractivity contribution is -0.115. The van der Waals surface area contributed by atoms with Gasteiger partial charge in [-0.15, -0.1) is 0 Å². The first kappa shape index (κ1) is 16.4. The van der Waals surface area contributed by atoms with E-state index in [-0.39, 0.29) is 0 Å². The third-order valence-corrected chi connectivity index (χ3v) is 2.90. The Bertz CT molecular complexity index is 290. The van der Waals surface area contributed by atoms with Gasteiger partial charge in [-0.1, -0.05) is 38.8 Å². The van der Waals surface area contributed by atoms with Gasteiger partial charge < -0.3 is 11.5 Å². The molecule has 4 heteroatoms. The van der Waals surface area contributed by atoms with Crippen molar-refractivity contribution < 1.29 is 9.59 Å². The van der Waals surface area contributed by atoms with E-state index in [4.69, 9.17) is 11.5 Å². The van der Waals surface area contributed by atoms with E-state index < -0.39 is 11.8 Å². The number of hydrogen-bond acceptors (Lipinski definition) is 2. The Morgan fingerprint density at radius 3 is 1.22 bits per heavy atom. The molecular formula is C14H24N2O2. The summed E-state index contributed by atoms with van der Waals surface area (Å²) >= 11 is 0. The quantitative estimate of drug-likeness (QED) is 0.436. The Labute approximate surface area is 109 Å². The summed E-state index contributed by atoms with van der Waals surface area (Å²) < 4.78 is 0. The number of carbonyl (C=O) groups excluding carboxylic acids is 2. The van der Waals surface area contributed by atoms with E-state index in [1.54, 1.807) is 0 Å². The van der Waals surface area contributed by atoms with Crippen LogP contribution in [-0.4, -0.2) is 11.8 Å². The van der Waals surface area contributed by atoms with Gasteiger partial charge >= 0.3 is 0 Å². The average Bonchev–Trinajstić information content (AvgIpc) is 2.31. The van der Waals surface area contributed by atoms with Crippen LogP contribution < -0.4 is 11.5 Å². The van der Waals surface area contributed by atoms with Gasteiger partial charge in [0.1, 0.15) is 0 Å². The van der Waals surface area contributed by atoms with Crippen LogP contribution in [0, 0.1) is 0 Å². The Balaban J connectivity index is 3.32. The minimum absolute atomic E-state index is 0.403. The number of nitrogens with two attached hydrogens (primary N) is 2. The molecule has 102 valence electrons. The molecule has 0 aliphatic carbocycles. The van der Waals surface area contributed by atoms with Crippen molar-refractivity contribution >= 4 is 11.8 Å². The molecule has 0 unspecified atom stereocenters. The molecule has 0 saturated carbocycles. The summed E-state index contributed by atoms with van der Waals surface area (Å²) in [6.07, 6.45) is 7.67. The molecule has 0 aromatic heterocycles. The molecule has 0 saturated heterocycles. The maximum absolute atomic E-state index is 10.7. The van der Waals surface area contributed by atoms with Crippen LogP contribution in [0.25, 0.3) is 0 Å². The van der Waals surface area contributed by atoms with Crippen LogP contribution in [-0.2, 0) is 9.59 Å². The molecule has 2 amide bonds. The van der Waals surface area contributed by atoms with E-state index in [0.29, 0.717) is 24.0 Å². The van der Waals surface area contributed by atoms with Gasteiger partial charge in [0.2, 0.25) is 11.8 Å². The average molecular weight is 252 g/mol. The zero-order valence-corrected chi connectivity index (χ0v) is 11.0. The van der Waals surface area contributed by atoms with E-state index in [1.165, 1.54) is 0 Å². The highest BCUT2D eigenvalue weighted by molar-refractivity contribution is 5.91. The Hall–Kier alpha value is -1.58. The molecule has 0 aromatic carbocycles. The summed E-state index contributed by atoms with van der Waals surface area (Å²) in [6, 6.07) is 0. The van der Waals surface area contributed by atoms with Gasteiger partial charge in [-0.05, 0) is 25.7 Å². The van der Waals surface area contributed by atoms with Crippen LogP contribution in [0.2, 0.25) is 0 Å². The van der Waals surface area contributed by atoms with Crippen molar-refractivity contribution in [3.05, 3.63) is 24.3 Å². The van der Waals surface area contributed by atoms with Crippen LogP contribution in [0.4, 0.5) is 0 Å². The van der Waals surface area contributed by atoms with Gasteiger partial charge in [0.25, 0.3) is 0 Å². The van der Waals surface area contributed by atoms with Gasteiger partial charge in [0.05, 0.1) is 0 Å². The molecule has 0 heterocycles. The molecule has 0 fully saturated rings. The second kappa shape index (κ2) is 9.45. The van der Waals surface area contributed by atoms with E-state index in [1.807, 2.05) is 0 Å². The maximum atomic E-state index is 10.7. The van der Waals surface area contributed by atoms with Gasteiger partial charge in [-0.3, -0.25) is 9.59 Å². The van der Waals surface area contributed by atoms with Crippen LogP contribution in [0.15, 0.2) is 24.3 Å². The molecule has 4 nitrogen and oxygen atoms in total. The molecule has 0 atom stereocenters. The van der Waals surface area contributed by atoms with Crippen LogP contribution in [0.5, 0.6) is 0 Å². The van der Waals surface area contributed by atoms with Crippen LogP contribution >= 0.6 is 0 Å². The minimum Gasteiger partial charge on any atom is -0.366 e. The summed E-state index contributed by atoms with van der Waals surface area (Å²) in [4.78, 5) is 21.4. The number of hydrogen-bond donors (Lipinski definition) is 2. The van der Waals surface area contributed by atoms with Gasteiger partial charge in [-0.2, -0.15) is 0 Å². The second-order valence-corrected chi connectivity index (χ2v) is 4.56. The fourth-order valence-corrected chi connectivity index (χ4v) is 1.63. The fraction of sp³-hybridized carbons (Fsp3) is 0.571. The lowest BCUT2D eigenvalue weighted by Gasteiger charge is -2.03. The van der Waals surface area contributed by atoms with Gasteiger partial charge in [-0.25, -0.2) is 0 Å². The number of unbranched alkanes of at least 4 members (excludes halogenated alkanes) is 5. The van der Waals surface area contributed by atoms with Crippen LogP contribution in [0.1, 0.15) is 51.4 Å². The van der Waals surface area contributed by atoms with E-state index >= 15 is 0 Å². The second-order valence-electron chi connectivity index (χ2n) is 4.56. The van der Waals surface area contributed by atoms with E-state index in [2.05, 4.69) is 13.2 Å². The Morgan fingerprint density at radius 1 is 0.667 bits per heavy atom. The summed E-state index contributed by atoms with van der Waals surface area (Å²) in [5, 5.41) is 0. The molecule has 0 radical (unpaired) electrons. The topological polar surface area (TPSA) is 86.2 Å². The minimum atomic E-state index is -0.403. The van der Waals surface area contributed by atoms with Gasteiger partial charge in [0.15, 0.2) is 0 Å². The first-order valence-electron chi connectivity index (χ1n) is 6.40. The van der Waals surface area contributed by atoms with Crippen molar-refractivity contribution in [2.45, 2.75) is 51.4 Å². The maximum Gasteiger partial charge on any atom is 0.244 e. The highest BCUT2D eigenvalue weighted by Gasteiger charge is 2.02. The Morgan fingerprint density at radius 2 is 0.944 bits per heavy atom. The predicted octanol–water partition coefficient (Wildman–Crippen LogP) is 2.19. The monoisotopic (exact) mass is 252 g/mol. The SMILES string of the molecule is C=C(CCCCCCCCC(=C)C(N)=O)C(N)=O. The van der Waals surface area contributed by atoms with Crippen molar-refractivity contribution in [1.82, 2.24) is 0 Å². The van der Waals surface area contributed by atoms with Crippen molar-refractivity contribution in [1.29, 1.82) is 0 Å². The normalized spacial score (nSPS) is 10.0. The number of carbonyl (C=O) groups is 2. The van der Waals surface area contributed by atoms with E-state index in [0.717, 1.165) is 38.5 Å². The van der Waals surface area contributed by atoms with Crippen molar-refractivity contribution in [3.8, 4) is 0 Å². The summed E-state index contributed by atoms with van der Waals surface area (Å²) in [5.41, 5.74) is 11.2. The molecule has 0 aliphatic rings. The first-order chi connectivity index (χ1) is 8.45. The molecule has 0 aromatic rings. The first-order valence-corrected chi connectivity index (χ1v) is 6.40. The van der Waals surface area contributed by atoms with E-state index in [9.17, 15) is 9.59 Å². The molecule has 0 aliphatic heterocycles. The molecule has 0 spiro atoms. The molecule has 4 N–H and O–H groups in total. The van der Waals surface area contributed by atoms with Crippen molar-refractivity contribution in [3.63, 3.8) is 0 Å². The largest absolute Gasteiger partial charge is 0.366 e. The molecule has 0 bridgehead atoms. The summed E-state index contributed by atoms with van der Waals surface area (Å²) in [7, 11) is 0. The van der Waals surface area contributed by atoms with Crippen molar-refractivity contribution in [2.24, 2.45) is 11.5 Å². The lowest BCUT2D eigenvalue weighted by atomic mass is 10.0. The lowest BCUT2D eigenvalue weighted by Crippen LogP contribution is -2.12. The zero-order chi connectivity index (χ0) is 14.0. The summed E-state index contributed by atoms with van der Waals surface area (Å²) in [5.74, 6) is -0.806. The highest BCUT2D eigenvalue weighted by Crippen LogP contribution is 2.12. The Kier molecular flexibility index (Phi) is 8.62. The van der Waals surface area contributed by atoms with Crippen LogP contribution in [0.3, 0.4) is 0 Å². The number of rotatable bonds is 11. The molecule has 0 rings (SSSR count). The van der Waals surface area contributed by atoms with Gasteiger partial charge in [0, 0.05) is 11.1 Å². The smallest absolute Gasteiger partial charge is 0.244 e. The number of amides is 2. The number of primary amides is 2. The standard InChI is InChI=1S/C14H24N2O2/c1-11(13(15)17)9-7-5-3-4-6-8-10-12(2)14(16)18/h1-10H2,(H2,15,17)(H2,16,18). The third-order valence-electron chi connectivity index (χ3n) is 2.90. The highest BCUT2D eigenvalue weighted by atomic mass is 16.1. The fourth-order valence-electron chi connectivity index (χ4n) is 1.63. The zero-order valence-electron chi connectivity index (χ0n) is 11.0. The predicted molar refractivity (Wildman–Crippen MR) is 73.6 cm³/mol. The molecule has 18 heavy (non-hydrogen) atoms.